The fraction of sp³-hybridized carbons (Fsp3) is 0.636. The first-order chi connectivity index (χ1) is 7.69. The summed E-state index contributed by atoms with van der Waals surface area (Å²) in [6.45, 7) is 7.06. The van der Waals surface area contributed by atoms with E-state index in [0.717, 1.165) is 29.6 Å². The molecule has 1 rings (SSSR count). The Bertz CT molecular complexity index is 333. The number of nitrogens with one attached hydrogen (secondary N) is 1. The van der Waals surface area contributed by atoms with Crippen LogP contribution in [0.5, 0.6) is 0 Å². The molecule has 1 heterocycles. The third-order valence-electron chi connectivity index (χ3n) is 2.00. The Hall–Kier alpha value is -0.810. The van der Waals surface area contributed by atoms with Crippen molar-refractivity contribution < 1.29 is 5.11 Å². The first kappa shape index (κ1) is 13.3. The van der Waals surface area contributed by atoms with Gasteiger partial charge in [-0.1, -0.05) is 13.8 Å². The van der Waals surface area contributed by atoms with Crippen LogP contribution >= 0.6 is 11.8 Å². The minimum atomic E-state index is 0.159. The molecule has 1 atom stereocenters. The van der Waals surface area contributed by atoms with Crippen LogP contribution < -0.4 is 5.32 Å². The van der Waals surface area contributed by atoms with Gasteiger partial charge < -0.3 is 10.4 Å². The summed E-state index contributed by atoms with van der Waals surface area (Å²) in [7, 11) is 0. The largest absolute Gasteiger partial charge is 0.395 e. The highest BCUT2D eigenvalue weighted by molar-refractivity contribution is 7.99. The number of rotatable bonds is 6. The summed E-state index contributed by atoms with van der Waals surface area (Å²) in [5.74, 6) is 1.70. The van der Waals surface area contributed by atoms with Crippen molar-refractivity contribution >= 4 is 17.6 Å². The van der Waals surface area contributed by atoms with E-state index in [1.54, 1.807) is 11.8 Å². The van der Waals surface area contributed by atoms with Crippen LogP contribution in [0.2, 0.25) is 0 Å². The van der Waals surface area contributed by atoms with Crippen molar-refractivity contribution in [1.29, 1.82) is 0 Å². The van der Waals surface area contributed by atoms with Gasteiger partial charge in [0, 0.05) is 24.3 Å². The molecule has 0 aliphatic heterocycles. The summed E-state index contributed by atoms with van der Waals surface area (Å²) in [6.07, 6.45) is 0.820. The van der Waals surface area contributed by atoms with Crippen molar-refractivity contribution in [2.45, 2.75) is 37.5 Å². The molecule has 0 saturated carbocycles. The van der Waals surface area contributed by atoms with E-state index >= 15 is 0 Å². The Morgan fingerprint density at radius 1 is 1.44 bits per heavy atom. The molecule has 0 fully saturated rings. The highest BCUT2D eigenvalue weighted by Crippen LogP contribution is 2.23. The molecule has 0 saturated heterocycles. The van der Waals surface area contributed by atoms with E-state index in [0.29, 0.717) is 0 Å². The van der Waals surface area contributed by atoms with Crippen molar-refractivity contribution in [2.75, 3.05) is 18.5 Å². The molecule has 0 amide bonds. The van der Waals surface area contributed by atoms with Gasteiger partial charge in [-0.3, -0.25) is 0 Å². The van der Waals surface area contributed by atoms with Crippen LogP contribution in [0.25, 0.3) is 0 Å². The maximum Gasteiger partial charge on any atom is 0.131 e. The summed E-state index contributed by atoms with van der Waals surface area (Å²) >= 11 is 1.57. The zero-order valence-electron chi connectivity index (χ0n) is 10.0. The maximum absolute atomic E-state index is 9.02. The van der Waals surface area contributed by atoms with Crippen LogP contribution in [0.1, 0.15) is 26.6 Å². The molecule has 0 aromatic carbocycles. The molecule has 0 radical (unpaired) electrons. The van der Waals surface area contributed by atoms with E-state index in [1.807, 2.05) is 26.8 Å². The predicted octanol–water partition coefficient (Wildman–Crippen LogP) is 1.94. The smallest absolute Gasteiger partial charge is 0.131 e. The van der Waals surface area contributed by atoms with Crippen LogP contribution in [-0.4, -0.2) is 33.5 Å². The zero-order valence-corrected chi connectivity index (χ0v) is 10.8. The Balaban J connectivity index is 2.85. The lowest BCUT2D eigenvalue weighted by Gasteiger charge is -2.10. The number of hydrogen-bond acceptors (Lipinski definition) is 5. The zero-order chi connectivity index (χ0) is 12.0. The number of hydrogen-bond donors (Lipinski definition) is 2. The fourth-order valence-corrected chi connectivity index (χ4v) is 2.03. The maximum atomic E-state index is 9.02. The van der Waals surface area contributed by atoms with E-state index in [-0.39, 0.29) is 11.9 Å². The number of nitrogens with zero attached hydrogens (tertiary/aromatic N) is 2. The normalized spacial score (nSPS) is 12.5. The van der Waals surface area contributed by atoms with Gasteiger partial charge in [0.2, 0.25) is 0 Å². The lowest BCUT2D eigenvalue weighted by molar-refractivity contribution is 0.300. The molecule has 2 N–H and O–H groups in total. The Kier molecular flexibility index (Phi) is 5.55. The van der Waals surface area contributed by atoms with Crippen LogP contribution in [0.15, 0.2) is 11.1 Å². The van der Waals surface area contributed by atoms with Crippen molar-refractivity contribution in [3.63, 3.8) is 0 Å². The fourth-order valence-electron chi connectivity index (χ4n) is 1.21. The van der Waals surface area contributed by atoms with Gasteiger partial charge in [0.1, 0.15) is 16.7 Å². The minimum Gasteiger partial charge on any atom is -0.395 e. The summed E-state index contributed by atoms with van der Waals surface area (Å²) in [6, 6.07) is 1.93. The Labute approximate surface area is 101 Å². The SMILES string of the molecule is CCNc1cc(SC(C)CO)nc(CC)n1. The number of aryl methyl sites for hydroxylation is 1. The molecule has 0 aliphatic carbocycles. The topological polar surface area (TPSA) is 58.0 Å². The predicted molar refractivity (Wildman–Crippen MR) is 68.0 cm³/mol. The van der Waals surface area contributed by atoms with Crippen LogP contribution in [-0.2, 0) is 6.42 Å². The molecule has 4 nitrogen and oxygen atoms in total. The van der Waals surface area contributed by atoms with Gasteiger partial charge in [0.05, 0.1) is 6.61 Å². The molecule has 1 aromatic heterocycles. The Morgan fingerprint density at radius 3 is 2.75 bits per heavy atom. The number of aliphatic hydroxyl groups is 1. The van der Waals surface area contributed by atoms with Crippen molar-refractivity contribution in [3.05, 3.63) is 11.9 Å². The van der Waals surface area contributed by atoms with E-state index in [4.69, 9.17) is 5.11 Å². The lowest BCUT2D eigenvalue weighted by Crippen LogP contribution is -2.06. The van der Waals surface area contributed by atoms with Gasteiger partial charge in [0.25, 0.3) is 0 Å². The second-order valence-corrected chi connectivity index (χ2v) is 4.96. The molecule has 1 aromatic rings. The standard InChI is InChI=1S/C11H19N3OS/c1-4-9-13-10(12-5-2)6-11(14-9)16-8(3)7-15/h6,8,15H,4-5,7H2,1-3H3,(H,12,13,14). The van der Waals surface area contributed by atoms with Gasteiger partial charge in [-0.25, -0.2) is 9.97 Å². The number of anilines is 1. The average Bonchev–Trinajstić information content (AvgIpc) is 2.29. The highest BCUT2D eigenvalue weighted by Gasteiger charge is 2.07. The second kappa shape index (κ2) is 6.70. The monoisotopic (exact) mass is 241 g/mol. The molecule has 0 aliphatic rings. The highest BCUT2D eigenvalue weighted by atomic mass is 32.2. The third kappa shape index (κ3) is 3.98. The van der Waals surface area contributed by atoms with Gasteiger partial charge in [-0.05, 0) is 6.92 Å². The summed E-state index contributed by atoms with van der Waals surface area (Å²) in [4.78, 5) is 8.80. The number of aliphatic hydroxyl groups excluding tert-OH is 1. The first-order valence-electron chi connectivity index (χ1n) is 5.58. The summed E-state index contributed by atoms with van der Waals surface area (Å²) in [5, 5.41) is 13.3. The minimum absolute atomic E-state index is 0.159. The van der Waals surface area contributed by atoms with Crippen molar-refractivity contribution in [1.82, 2.24) is 9.97 Å². The van der Waals surface area contributed by atoms with Gasteiger partial charge in [-0.2, -0.15) is 0 Å². The summed E-state index contributed by atoms with van der Waals surface area (Å²) < 4.78 is 0. The molecule has 1 unspecified atom stereocenters. The quantitative estimate of drug-likeness (QED) is 0.589. The number of thioether (sulfide) groups is 1. The van der Waals surface area contributed by atoms with Gasteiger partial charge in [0.15, 0.2) is 0 Å². The summed E-state index contributed by atoms with van der Waals surface area (Å²) in [5.41, 5.74) is 0. The van der Waals surface area contributed by atoms with Gasteiger partial charge in [-0.15, -0.1) is 11.8 Å². The van der Waals surface area contributed by atoms with Crippen LogP contribution in [0.3, 0.4) is 0 Å². The molecular weight excluding hydrogens is 222 g/mol. The third-order valence-corrected chi connectivity index (χ3v) is 3.00. The second-order valence-electron chi connectivity index (χ2n) is 3.50. The molecule has 5 heteroatoms. The van der Waals surface area contributed by atoms with Crippen molar-refractivity contribution in [2.24, 2.45) is 0 Å². The molecule has 0 bridgehead atoms. The van der Waals surface area contributed by atoms with Crippen LogP contribution in [0, 0.1) is 0 Å². The number of aromatic nitrogens is 2. The molecule has 0 spiro atoms. The average molecular weight is 241 g/mol. The van der Waals surface area contributed by atoms with Crippen LogP contribution in [0.4, 0.5) is 5.82 Å². The van der Waals surface area contributed by atoms with Crippen molar-refractivity contribution in [3.8, 4) is 0 Å². The van der Waals surface area contributed by atoms with Gasteiger partial charge >= 0.3 is 0 Å². The lowest BCUT2D eigenvalue weighted by atomic mass is 10.4. The Morgan fingerprint density at radius 2 is 2.19 bits per heavy atom. The van der Waals surface area contributed by atoms with E-state index < -0.39 is 0 Å². The van der Waals surface area contributed by atoms with E-state index in [9.17, 15) is 0 Å². The van der Waals surface area contributed by atoms with E-state index in [1.165, 1.54) is 0 Å². The molecule has 16 heavy (non-hydrogen) atoms. The molecular formula is C11H19N3OS. The first-order valence-corrected chi connectivity index (χ1v) is 6.46. The van der Waals surface area contributed by atoms with E-state index in [2.05, 4.69) is 15.3 Å². The molecule has 90 valence electrons.